The van der Waals surface area contributed by atoms with Gasteiger partial charge in [0.2, 0.25) is 5.91 Å². The van der Waals surface area contributed by atoms with Gasteiger partial charge < -0.3 is 10.2 Å². The van der Waals surface area contributed by atoms with E-state index in [1.165, 1.54) is 0 Å². The van der Waals surface area contributed by atoms with Crippen molar-refractivity contribution < 1.29 is 4.79 Å². The molecule has 1 aliphatic rings. The number of hydrogen-bond donors (Lipinski definition) is 1. The molecule has 1 N–H and O–H groups in total. The molecule has 0 radical (unpaired) electrons. The summed E-state index contributed by atoms with van der Waals surface area (Å²) >= 11 is 9.46. The van der Waals surface area contributed by atoms with Crippen LogP contribution < -0.4 is 10.2 Å². The van der Waals surface area contributed by atoms with Crippen molar-refractivity contribution >= 4 is 39.3 Å². The van der Waals surface area contributed by atoms with Crippen molar-refractivity contribution in [1.29, 1.82) is 0 Å². The molecule has 0 atom stereocenters. The first-order chi connectivity index (χ1) is 8.76. The van der Waals surface area contributed by atoms with E-state index in [0.717, 1.165) is 10.3 Å². The largest absolute Gasteiger partial charge is 0.354 e. The lowest BCUT2D eigenvalue weighted by atomic mass is 9.97. The van der Waals surface area contributed by atoms with Gasteiger partial charge in [-0.1, -0.05) is 11.6 Å². The number of carbonyl (C=O) groups excluding carboxylic acids is 1. The van der Waals surface area contributed by atoms with Gasteiger partial charge in [-0.2, -0.15) is 0 Å². The van der Waals surface area contributed by atoms with E-state index in [2.05, 4.69) is 26.2 Å². The van der Waals surface area contributed by atoms with E-state index in [4.69, 9.17) is 11.6 Å². The summed E-state index contributed by atoms with van der Waals surface area (Å²) in [4.78, 5) is 18.3. The fourth-order valence-electron chi connectivity index (χ4n) is 1.93. The van der Waals surface area contributed by atoms with Gasteiger partial charge in [-0.15, -0.1) is 0 Å². The van der Waals surface area contributed by atoms with Crippen LogP contribution in [0.4, 0.5) is 5.82 Å². The number of nitrogens with zero attached hydrogens (tertiary/aromatic N) is 2. The predicted octanol–water partition coefficient (Wildman–Crippen LogP) is 2.85. The Morgan fingerprint density at radius 2 is 2.16 bits per heavy atom. The van der Waals surface area contributed by atoms with Crippen LogP contribution in [-0.2, 0) is 4.79 Å². The molecule has 1 amide bonds. The summed E-state index contributed by atoms with van der Waals surface area (Å²) in [5, 5.41) is 3.59. The van der Waals surface area contributed by atoms with Crippen LogP contribution in [0.1, 0.15) is 20.8 Å². The summed E-state index contributed by atoms with van der Waals surface area (Å²) in [7, 11) is 0. The zero-order chi connectivity index (χ0) is 14.2. The molecule has 6 heteroatoms. The molecule has 0 saturated carbocycles. The van der Waals surface area contributed by atoms with E-state index >= 15 is 0 Å². The summed E-state index contributed by atoms with van der Waals surface area (Å²) in [6.45, 7) is 7.27. The van der Waals surface area contributed by atoms with Crippen LogP contribution in [0.5, 0.6) is 0 Å². The molecule has 4 nitrogen and oxygen atoms in total. The number of amides is 1. The molecule has 0 aliphatic carbocycles. The highest BCUT2D eigenvalue weighted by Gasteiger charge is 2.35. The lowest BCUT2D eigenvalue weighted by Gasteiger charge is -2.40. The van der Waals surface area contributed by atoms with E-state index in [0.29, 0.717) is 18.1 Å². The summed E-state index contributed by atoms with van der Waals surface area (Å²) in [5.41, 5.74) is -0.189. The third kappa shape index (κ3) is 3.60. The average molecular weight is 347 g/mol. The maximum Gasteiger partial charge on any atom is 0.227 e. The number of carbonyl (C=O) groups is 1. The molecule has 2 heterocycles. The smallest absolute Gasteiger partial charge is 0.227 e. The van der Waals surface area contributed by atoms with Crippen molar-refractivity contribution in [2.24, 2.45) is 5.92 Å². The van der Waals surface area contributed by atoms with Gasteiger partial charge in [-0.25, -0.2) is 4.98 Å². The number of halogens is 2. The van der Waals surface area contributed by atoms with Crippen molar-refractivity contribution in [2.45, 2.75) is 26.3 Å². The van der Waals surface area contributed by atoms with Crippen LogP contribution in [0.2, 0.25) is 5.02 Å². The number of rotatable bonds is 2. The second kappa shape index (κ2) is 5.29. The summed E-state index contributed by atoms with van der Waals surface area (Å²) in [6, 6.07) is 1.81. The van der Waals surface area contributed by atoms with Crippen molar-refractivity contribution in [1.82, 2.24) is 10.3 Å². The number of anilines is 1. The average Bonchev–Trinajstić information content (AvgIpc) is 2.16. The lowest BCUT2D eigenvalue weighted by Crippen LogP contribution is -2.56. The van der Waals surface area contributed by atoms with Crippen LogP contribution in [-0.4, -0.2) is 29.5 Å². The molecule has 2 rings (SSSR count). The molecular formula is C13H17BrClN3O. The van der Waals surface area contributed by atoms with Gasteiger partial charge in [-0.05, 0) is 42.8 Å². The molecule has 0 aromatic carbocycles. The van der Waals surface area contributed by atoms with E-state index in [1.807, 2.05) is 31.7 Å². The molecule has 1 aliphatic heterocycles. The predicted molar refractivity (Wildman–Crippen MR) is 80.5 cm³/mol. The minimum Gasteiger partial charge on any atom is -0.354 e. The molecule has 1 saturated heterocycles. The van der Waals surface area contributed by atoms with E-state index in [-0.39, 0.29) is 17.4 Å². The van der Waals surface area contributed by atoms with Gasteiger partial charge in [0, 0.05) is 29.3 Å². The first-order valence-electron chi connectivity index (χ1n) is 6.14. The monoisotopic (exact) mass is 345 g/mol. The van der Waals surface area contributed by atoms with Crippen LogP contribution in [0.3, 0.4) is 0 Å². The third-order valence-electron chi connectivity index (χ3n) is 2.84. The van der Waals surface area contributed by atoms with E-state index < -0.39 is 0 Å². The Kier molecular flexibility index (Phi) is 4.06. The van der Waals surface area contributed by atoms with Gasteiger partial charge in [0.1, 0.15) is 5.82 Å². The summed E-state index contributed by atoms with van der Waals surface area (Å²) < 4.78 is 0.851. The van der Waals surface area contributed by atoms with Crippen molar-refractivity contribution in [3.63, 3.8) is 0 Å². The van der Waals surface area contributed by atoms with Crippen molar-refractivity contribution in [3.8, 4) is 0 Å². The fraction of sp³-hybridized carbons (Fsp3) is 0.538. The third-order valence-corrected chi connectivity index (χ3v) is 3.55. The number of aromatic nitrogens is 1. The molecule has 1 fully saturated rings. The molecule has 104 valence electrons. The van der Waals surface area contributed by atoms with Crippen LogP contribution in [0.15, 0.2) is 16.7 Å². The number of pyridine rings is 1. The minimum atomic E-state index is -0.189. The normalized spacial score (nSPS) is 16.2. The van der Waals surface area contributed by atoms with E-state index in [1.54, 1.807) is 6.20 Å². The molecule has 0 spiro atoms. The summed E-state index contributed by atoms with van der Waals surface area (Å²) in [6.07, 6.45) is 1.71. The second-order valence-electron chi connectivity index (χ2n) is 5.80. The van der Waals surface area contributed by atoms with Gasteiger partial charge in [0.15, 0.2) is 0 Å². The molecule has 1 aromatic rings. The van der Waals surface area contributed by atoms with Gasteiger partial charge in [-0.3, -0.25) is 4.79 Å². The molecular weight excluding hydrogens is 330 g/mol. The Morgan fingerprint density at radius 1 is 1.53 bits per heavy atom. The van der Waals surface area contributed by atoms with Crippen LogP contribution >= 0.6 is 27.5 Å². The maximum atomic E-state index is 12.0. The quantitative estimate of drug-likeness (QED) is 0.895. The zero-order valence-corrected chi connectivity index (χ0v) is 13.5. The van der Waals surface area contributed by atoms with Crippen molar-refractivity contribution in [3.05, 3.63) is 21.8 Å². The first kappa shape index (κ1) is 14.6. The highest BCUT2D eigenvalue weighted by molar-refractivity contribution is 9.10. The second-order valence-corrected chi connectivity index (χ2v) is 7.12. The molecule has 19 heavy (non-hydrogen) atoms. The Bertz CT molecular complexity index is 495. The standard InChI is InChI=1S/C13H17BrClN3O/c1-13(2,3)17-12(19)8-6-18(7-8)11-10(15)4-9(14)5-16-11/h4-5,8H,6-7H2,1-3H3,(H,17,19). The Morgan fingerprint density at radius 3 is 2.68 bits per heavy atom. The van der Waals surface area contributed by atoms with Gasteiger partial charge in [0.25, 0.3) is 0 Å². The van der Waals surface area contributed by atoms with Crippen LogP contribution in [0, 0.1) is 5.92 Å². The van der Waals surface area contributed by atoms with Crippen LogP contribution in [0.25, 0.3) is 0 Å². The highest BCUT2D eigenvalue weighted by atomic mass is 79.9. The lowest BCUT2D eigenvalue weighted by molar-refractivity contribution is -0.127. The molecule has 0 unspecified atom stereocenters. The number of hydrogen-bond acceptors (Lipinski definition) is 3. The Balaban J connectivity index is 1.94. The topological polar surface area (TPSA) is 45.2 Å². The Labute approximate surface area is 126 Å². The first-order valence-corrected chi connectivity index (χ1v) is 7.31. The van der Waals surface area contributed by atoms with Gasteiger partial charge in [0.05, 0.1) is 10.9 Å². The maximum absolute atomic E-state index is 12.0. The molecule has 1 aromatic heterocycles. The Hall–Kier alpha value is -0.810. The summed E-state index contributed by atoms with van der Waals surface area (Å²) in [5.74, 6) is 0.849. The highest BCUT2D eigenvalue weighted by Crippen LogP contribution is 2.31. The van der Waals surface area contributed by atoms with Crippen molar-refractivity contribution in [2.75, 3.05) is 18.0 Å². The number of nitrogens with one attached hydrogen (secondary N) is 1. The minimum absolute atomic E-state index is 0.0146. The molecule has 0 bridgehead atoms. The van der Waals surface area contributed by atoms with Gasteiger partial charge >= 0.3 is 0 Å². The zero-order valence-electron chi connectivity index (χ0n) is 11.2. The SMILES string of the molecule is CC(C)(C)NC(=O)C1CN(c2ncc(Br)cc2Cl)C1. The van der Waals surface area contributed by atoms with E-state index in [9.17, 15) is 4.79 Å². The fourth-order valence-corrected chi connectivity index (χ4v) is 2.68.